The van der Waals surface area contributed by atoms with E-state index in [4.69, 9.17) is 60.5 Å². The summed E-state index contributed by atoms with van der Waals surface area (Å²) in [6.07, 6.45) is 0. The van der Waals surface area contributed by atoms with Gasteiger partial charge in [-0.3, -0.25) is 27.3 Å². The second-order valence-electron chi connectivity index (χ2n) is 1.45. The first-order valence-electron chi connectivity index (χ1n) is 2.59. The fraction of sp³-hybridized carbons (Fsp3) is 0. The molecule has 0 spiro atoms. The van der Waals surface area contributed by atoms with Crippen molar-refractivity contribution in [3.63, 3.8) is 0 Å². The van der Waals surface area contributed by atoms with Crippen LogP contribution in [-0.2, 0) is 35.0 Å². The van der Waals surface area contributed by atoms with Crippen molar-refractivity contribution in [2.75, 3.05) is 0 Å². The number of hydrogen-bond acceptors (Lipinski definition) is 7. The molecular weight excluding hydrogens is 363 g/mol. The zero-order valence-electron chi connectivity index (χ0n) is 8.29. The first kappa shape index (κ1) is 31.2. The van der Waals surface area contributed by atoms with Crippen molar-refractivity contribution >= 4 is 46.7 Å². The van der Waals surface area contributed by atoms with Crippen LogP contribution in [0.15, 0.2) is 0 Å². The van der Waals surface area contributed by atoms with Gasteiger partial charge in [-0.25, -0.2) is 0 Å². The van der Waals surface area contributed by atoms with Gasteiger partial charge >= 0.3 is 54.6 Å². The zero-order chi connectivity index (χ0) is 16.2. The zero-order valence-corrected chi connectivity index (χ0v) is 11.9. The molecule has 0 radical (unpaired) electrons. The van der Waals surface area contributed by atoms with Gasteiger partial charge in [0.05, 0.1) is 0 Å². The Kier molecular flexibility index (Phi) is 23.2. The quantitative estimate of drug-likeness (QED) is 0.158. The third-order valence-corrected chi connectivity index (χ3v) is 0. The van der Waals surface area contributed by atoms with Gasteiger partial charge in [0.25, 0.3) is 0 Å². The van der Waals surface area contributed by atoms with E-state index < -0.39 is 46.7 Å². The summed E-state index contributed by atoms with van der Waals surface area (Å²) in [7, 11) is -14.0. The molecule has 9 N–H and O–H groups in total. The molecule has 0 saturated heterocycles. The predicted molar refractivity (Wildman–Crippen MR) is 54.8 cm³/mol. The van der Waals surface area contributed by atoms with Gasteiger partial charge in [0.1, 0.15) is 0 Å². The van der Waals surface area contributed by atoms with Crippen LogP contribution in [0, 0.1) is 0 Å². The van der Waals surface area contributed by atoms with Crippen LogP contribution in [0.3, 0.4) is 0 Å². The molecule has 19 heavy (non-hydrogen) atoms. The van der Waals surface area contributed by atoms with E-state index >= 15 is 0 Å². The molecule has 15 nitrogen and oxygen atoms in total. The molecule has 0 aliphatic rings. The van der Waals surface area contributed by atoms with Gasteiger partial charge in [0.15, 0.2) is 0 Å². The first-order chi connectivity index (χ1) is 7.41. The van der Waals surface area contributed by atoms with E-state index in [9.17, 15) is 0 Å². The molecule has 0 aromatic rings. The summed E-state index contributed by atoms with van der Waals surface area (Å²) in [5.74, 6) is 0. The van der Waals surface area contributed by atoms with Crippen molar-refractivity contribution in [1.29, 1.82) is 0 Å². The Morgan fingerprint density at radius 1 is 0.579 bits per heavy atom. The van der Waals surface area contributed by atoms with E-state index in [2.05, 4.69) is 0 Å². The Morgan fingerprint density at radius 2 is 0.579 bits per heavy atom. The van der Waals surface area contributed by atoms with Crippen LogP contribution < -0.4 is 0 Å². The first-order valence-corrected chi connectivity index (χ1v) is 7.77. The van der Waals surface area contributed by atoms with Crippen molar-refractivity contribution < 1.29 is 66.0 Å². The third kappa shape index (κ3) is 49300. The molecule has 0 saturated carbocycles. The average Bonchev–Trinajstić information content (AvgIpc) is 1.71. The molecule has 0 aliphatic carbocycles. The number of rotatable bonds is 0. The van der Waals surface area contributed by atoms with Gasteiger partial charge in [-0.15, -0.1) is 0 Å². The minimum atomic E-state index is -4.67. The monoisotopic (exact) mass is 372 g/mol. The van der Waals surface area contributed by atoms with E-state index in [1.54, 1.807) is 0 Å². The van der Waals surface area contributed by atoms with E-state index in [0.717, 1.165) is 0 Å². The van der Waals surface area contributed by atoms with Crippen molar-refractivity contribution in [2.24, 2.45) is 0 Å². The van der Waals surface area contributed by atoms with E-state index in [0.29, 0.717) is 0 Å². The molecule has 120 valence electrons. The summed E-state index contributed by atoms with van der Waals surface area (Å²) in [6, 6.07) is 0. The maximum atomic E-state index is 8.74. The molecule has 0 unspecified atom stereocenters. The second-order valence-corrected chi connectivity index (χ2v) is 4.35. The van der Waals surface area contributed by atoms with Gasteiger partial charge in [-0.1, -0.05) is 0 Å². The van der Waals surface area contributed by atoms with Gasteiger partial charge < -0.3 is 5.48 Å². The van der Waals surface area contributed by atoms with Crippen molar-refractivity contribution in [3.8, 4) is 0 Å². The fourth-order valence-electron chi connectivity index (χ4n) is 0. The minimum absolute atomic E-state index is 0. The third-order valence-electron chi connectivity index (χ3n) is 0. The van der Waals surface area contributed by atoms with Crippen LogP contribution in [0.2, 0.25) is 0 Å². The van der Waals surface area contributed by atoms with Crippen molar-refractivity contribution in [1.82, 2.24) is 0 Å². The van der Waals surface area contributed by atoms with Gasteiger partial charge in [-0.2, -0.15) is 25.3 Å². The molecule has 0 aromatic heterocycles. The average molecular weight is 372 g/mol. The summed E-state index contributed by atoms with van der Waals surface area (Å²) >= 11 is -1.50. The van der Waals surface area contributed by atoms with Gasteiger partial charge in [0, 0.05) is 0 Å². The summed E-state index contributed by atoms with van der Waals surface area (Å²) < 4.78 is 110. The van der Waals surface area contributed by atoms with E-state index in [1.165, 1.54) is 0 Å². The van der Waals surface area contributed by atoms with Crippen molar-refractivity contribution in [3.05, 3.63) is 0 Å². The Morgan fingerprint density at radius 3 is 0.579 bits per heavy atom. The molecule has 0 bridgehead atoms. The van der Waals surface area contributed by atoms with Gasteiger partial charge in [-0.05, 0) is 0 Å². The van der Waals surface area contributed by atoms with Crippen LogP contribution in [0.1, 0.15) is 0 Å². The molecule has 0 atom stereocenters. The number of hydrogen-bond donors (Lipinski definition) is 7. The predicted octanol–water partition coefficient (Wildman–Crippen LogP) is -3.84. The standard InChI is InChI=1S/Al.3H2O4S.2H2O.O/c;3*1-5(2,3)4;;;/h;3*(H2,1,2,3,4);2*1H2;/q+1;;;;;;/p-1. The summed E-state index contributed by atoms with van der Waals surface area (Å²) in [5, 5.41) is 0. The second kappa shape index (κ2) is 14.1. The molecule has 0 aliphatic heterocycles. The molecule has 0 rings (SSSR count). The fourth-order valence-corrected chi connectivity index (χ4v) is 0. The van der Waals surface area contributed by atoms with Crippen molar-refractivity contribution in [2.45, 2.75) is 0 Å². The Hall–Kier alpha value is -0.298. The van der Waals surface area contributed by atoms with Crippen LogP contribution in [0.5, 0.6) is 0 Å². The van der Waals surface area contributed by atoms with Gasteiger partial charge in [0.2, 0.25) is 0 Å². The summed E-state index contributed by atoms with van der Waals surface area (Å²) in [6.45, 7) is 0. The van der Waals surface area contributed by atoms with E-state index in [1.807, 2.05) is 0 Å². The van der Waals surface area contributed by atoms with Crippen LogP contribution in [0.4, 0.5) is 0 Å². The topological polar surface area (TPSA) is 293 Å². The Bertz CT molecular complexity index is 378. The molecule has 0 fully saturated rings. The molecule has 0 amide bonds. The molecule has 19 heteroatoms. The van der Waals surface area contributed by atoms with E-state index in [-0.39, 0.29) is 5.48 Å². The normalized spacial score (nSPS) is 9.58. The summed E-state index contributed by atoms with van der Waals surface area (Å²) in [4.78, 5) is 0. The summed E-state index contributed by atoms with van der Waals surface area (Å²) in [5.41, 5.74) is 0. The maximum absolute atomic E-state index is 8.74. The van der Waals surface area contributed by atoms with Crippen LogP contribution >= 0.6 is 0 Å². The Labute approximate surface area is 113 Å². The van der Waals surface area contributed by atoms with Crippen LogP contribution in [0.25, 0.3) is 0 Å². The molecular formula is H9AlO15S3. The molecule has 0 aromatic carbocycles. The SMILES string of the molecule is O.O=S(=O)(O)O.O=S(=O)(O)O.O=S(=O)(O)O.[O]=[Al][OH]. The molecule has 0 heterocycles. The Balaban J connectivity index is -0.0000000458. The van der Waals surface area contributed by atoms with Crippen LogP contribution in [-0.4, -0.2) is 77.7 Å².